The van der Waals surface area contributed by atoms with Gasteiger partial charge in [0.25, 0.3) is 10.0 Å². The van der Waals surface area contributed by atoms with E-state index in [0.29, 0.717) is 22.9 Å². The molecule has 0 amide bonds. The predicted molar refractivity (Wildman–Crippen MR) is 100 cm³/mol. The van der Waals surface area contributed by atoms with E-state index in [1.54, 1.807) is 0 Å². The number of likely N-dealkylation sites (N-methyl/N-ethyl adjacent to an activating group) is 1. The first-order chi connectivity index (χ1) is 12.7. The lowest BCUT2D eigenvalue weighted by molar-refractivity contribution is 0.208. The fourth-order valence-corrected chi connectivity index (χ4v) is 4.18. The molecule has 2 aromatic rings. The summed E-state index contributed by atoms with van der Waals surface area (Å²) in [7, 11) is -2.41. The van der Waals surface area contributed by atoms with Gasteiger partial charge in [-0.1, -0.05) is 23.2 Å². The zero-order valence-corrected chi connectivity index (χ0v) is 16.5. The Morgan fingerprint density at radius 2 is 1.89 bits per heavy atom. The standard InChI is InChI=1S/C17H16Cl2F2N2O3S/c1-23-5-4-11(9-23)26-16-6-10(2-3-12(16)18)22-27(24,25)17-8-14(20)13(19)7-15(17)21/h2-3,6-8,11,22H,4-5,9H2,1H3/t11-/m1/s1. The molecule has 0 aromatic heterocycles. The fraction of sp³-hybridized carbons (Fsp3) is 0.294. The van der Waals surface area contributed by atoms with Crippen molar-refractivity contribution in [1.29, 1.82) is 0 Å². The van der Waals surface area contributed by atoms with Crippen LogP contribution in [-0.2, 0) is 10.0 Å². The average molecular weight is 437 g/mol. The maximum Gasteiger partial charge on any atom is 0.264 e. The SMILES string of the molecule is CN1CC[C@@H](Oc2cc(NS(=O)(=O)c3cc(F)c(Cl)cc3F)ccc2Cl)C1. The first kappa shape index (κ1) is 20.1. The summed E-state index contributed by atoms with van der Waals surface area (Å²) in [4.78, 5) is 1.25. The lowest BCUT2D eigenvalue weighted by Gasteiger charge is -2.16. The van der Waals surface area contributed by atoms with E-state index in [1.165, 1.54) is 18.2 Å². The topological polar surface area (TPSA) is 58.6 Å². The third-order valence-corrected chi connectivity index (χ3v) is 6.09. The van der Waals surface area contributed by atoms with Gasteiger partial charge < -0.3 is 9.64 Å². The van der Waals surface area contributed by atoms with Crippen LogP contribution in [0, 0.1) is 11.6 Å². The van der Waals surface area contributed by atoms with Crippen LogP contribution in [-0.4, -0.2) is 39.6 Å². The monoisotopic (exact) mass is 436 g/mol. The molecule has 1 N–H and O–H groups in total. The molecule has 0 bridgehead atoms. The van der Waals surface area contributed by atoms with E-state index in [9.17, 15) is 17.2 Å². The molecule has 0 unspecified atom stereocenters. The van der Waals surface area contributed by atoms with Crippen molar-refractivity contribution in [3.05, 3.63) is 52.0 Å². The minimum absolute atomic E-state index is 0.0674. The Kier molecular flexibility index (Phi) is 5.81. The number of benzene rings is 2. The largest absolute Gasteiger partial charge is 0.487 e. The van der Waals surface area contributed by atoms with Gasteiger partial charge in [-0.2, -0.15) is 0 Å². The van der Waals surface area contributed by atoms with E-state index in [0.717, 1.165) is 19.5 Å². The molecule has 27 heavy (non-hydrogen) atoms. The van der Waals surface area contributed by atoms with Gasteiger partial charge in [-0.15, -0.1) is 0 Å². The zero-order chi connectivity index (χ0) is 19.8. The number of hydrogen-bond donors (Lipinski definition) is 1. The van der Waals surface area contributed by atoms with Crippen molar-refractivity contribution >= 4 is 38.9 Å². The molecule has 0 radical (unpaired) electrons. The van der Waals surface area contributed by atoms with E-state index >= 15 is 0 Å². The summed E-state index contributed by atoms with van der Waals surface area (Å²) in [5, 5.41) is -0.189. The van der Waals surface area contributed by atoms with Crippen LogP contribution in [0.2, 0.25) is 10.0 Å². The quantitative estimate of drug-likeness (QED) is 0.714. The number of hydrogen-bond acceptors (Lipinski definition) is 4. The van der Waals surface area contributed by atoms with Crippen molar-refractivity contribution in [3.8, 4) is 5.75 Å². The number of halogens is 4. The summed E-state index contributed by atoms with van der Waals surface area (Å²) >= 11 is 11.6. The van der Waals surface area contributed by atoms with Gasteiger partial charge in [0, 0.05) is 19.2 Å². The number of nitrogens with one attached hydrogen (secondary N) is 1. The molecule has 1 saturated heterocycles. The van der Waals surface area contributed by atoms with Gasteiger partial charge >= 0.3 is 0 Å². The van der Waals surface area contributed by atoms with Gasteiger partial charge in [0.1, 0.15) is 28.4 Å². The zero-order valence-electron chi connectivity index (χ0n) is 14.2. The Bertz CT molecular complexity index is 973. The van der Waals surface area contributed by atoms with Gasteiger partial charge in [0.2, 0.25) is 0 Å². The highest BCUT2D eigenvalue weighted by Gasteiger charge is 2.24. The van der Waals surface area contributed by atoms with Crippen LogP contribution < -0.4 is 9.46 Å². The van der Waals surface area contributed by atoms with Crippen molar-refractivity contribution in [3.63, 3.8) is 0 Å². The Balaban J connectivity index is 1.85. The third-order valence-electron chi connectivity index (χ3n) is 4.09. The van der Waals surface area contributed by atoms with Crippen LogP contribution in [0.3, 0.4) is 0 Å². The number of sulfonamides is 1. The van der Waals surface area contributed by atoms with E-state index in [-0.39, 0.29) is 11.8 Å². The summed E-state index contributed by atoms with van der Waals surface area (Å²) < 4.78 is 60.4. The maximum absolute atomic E-state index is 14.0. The maximum atomic E-state index is 14.0. The summed E-state index contributed by atoms with van der Waals surface area (Å²) in [6.45, 7) is 1.61. The highest BCUT2D eigenvalue weighted by Crippen LogP contribution is 2.31. The highest BCUT2D eigenvalue weighted by molar-refractivity contribution is 7.92. The van der Waals surface area contributed by atoms with Crippen molar-refractivity contribution in [2.24, 2.45) is 0 Å². The smallest absolute Gasteiger partial charge is 0.264 e. The Hall–Kier alpha value is -1.61. The average Bonchev–Trinajstić information content (AvgIpc) is 2.98. The Morgan fingerprint density at radius 1 is 1.15 bits per heavy atom. The fourth-order valence-electron chi connectivity index (χ4n) is 2.75. The molecule has 146 valence electrons. The summed E-state index contributed by atoms with van der Waals surface area (Å²) in [6, 6.07) is 5.41. The predicted octanol–water partition coefficient (Wildman–Crippen LogP) is 4.16. The molecule has 1 atom stereocenters. The molecule has 3 rings (SSSR count). The minimum Gasteiger partial charge on any atom is -0.487 e. The molecule has 5 nitrogen and oxygen atoms in total. The first-order valence-corrected chi connectivity index (χ1v) is 10.2. The second-order valence-corrected chi connectivity index (χ2v) is 8.70. The van der Waals surface area contributed by atoms with Crippen molar-refractivity contribution in [2.75, 3.05) is 24.9 Å². The molecule has 0 saturated carbocycles. The molecular formula is C17H16Cl2F2N2O3S. The van der Waals surface area contributed by atoms with Gasteiger partial charge in [-0.3, -0.25) is 4.72 Å². The minimum atomic E-state index is -4.38. The van der Waals surface area contributed by atoms with Crippen LogP contribution in [0.4, 0.5) is 14.5 Å². The number of ether oxygens (including phenoxy) is 1. The molecule has 2 aromatic carbocycles. The lowest BCUT2D eigenvalue weighted by atomic mass is 10.3. The second-order valence-electron chi connectivity index (χ2n) is 6.24. The lowest BCUT2D eigenvalue weighted by Crippen LogP contribution is -2.21. The number of likely N-dealkylation sites (tertiary alicyclic amines) is 1. The highest BCUT2D eigenvalue weighted by atomic mass is 35.5. The molecule has 0 aliphatic carbocycles. The molecular weight excluding hydrogens is 421 g/mol. The molecule has 1 fully saturated rings. The first-order valence-electron chi connectivity index (χ1n) is 7.98. The van der Waals surface area contributed by atoms with Gasteiger partial charge in [0.05, 0.1) is 15.7 Å². The van der Waals surface area contributed by atoms with Gasteiger partial charge in [-0.05, 0) is 37.7 Å². The summed E-state index contributed by atoms with van der Waals surface area (Å²) in [5.41, 5.74) is 0.107. The van der Waals surface area contributed by atoms with Crippen molar-refractivity contribution < 1.29 is 21.9 Å². The normalized spacial score (nSPS) is 17.9. The van der Waals surface area contributed by atoms with Crippen LogP contribution in [0.25, 0.3) is 0 Å². The van der Waals surface area contributed by atoms with Gasteiger partial charge in [-0.25, -0.2) is 17.2 Å². The molecule has 0 spiro atoms. The van der Waals surface area contributed by atoms with E-state index in [4.69, 9.17) is 27.9 Å². The summed E-state index contributed by atoms with van der Waals surface area (Å²) in [5.74, 6) is -1.89. The molecule has 1 aliphatic rings. The molecule has 10 heteroatoms. The second kappa shape index (κ2) is 7.79. The Labute approximate surface area is 165 Å². The van der Waals surface area contributed by atoms with Crippen LogP contribution >= 0.6 is 23.2 Å². The number of nitrogens with zero attached hydrogens (tertiary/aromatic N) is 1. The van der Waals surface area contributed by atoms with E-state index in [2.05, 4.69) is 9.62 Å². The Morgan fingerprint density at radius 3 is 2.56 bits per heavy atom. The number of anilines is 1. The molecule has 1 aliphatic heterocycles. The van der Waals surface area contributed by atoms with Crippen LogP contribution in [0.1, 0.15) is 6.42 Å². The van der Waals surface area contributed by atoms with Crippen molar-refractivity contribution in [1.82, 2.24) is 4.90 Å². The summed E-state index contributed by atoms with van der Waals surface area (Å²) in [6.07, 6.45) is 0.750. The third kappa shape index (κ3) is 4.63. The number of rotatable bonds is 5. The van der Waals surface area contributed by atoms with Crippen LogP contribution in [0.15, 0.2) is 35.2 Å². The van der Waals surface area contributed by atoms with Crippen LogP contribution in [0.5, 0.6) is 5.75 Å². The van der Waals surface area contributed by atoms with E-state index in [1.807, 2.05) is 7.05 Å². The van der Waals surface area contributed by atoms with Gasteiger partial charge in [0.15, 0.2) is 0 Å². The molecule has 1 heterocycles. The van der Waals surface area contributed by atoms with E-state index < -0.39 is 31.6 Å². The van der Waals surface area contributed by atoms with Crippen molar-refractivity contribution in [2.45, 2.75) is 17.4 Å².